The van der Waals surface area contributed by atoms with E-state index in [0.29, 0.717) is 12.2 Å². The zero-order chi connectivity index (χ0) is 18.4. The lowest BCUT2D eigenvalue weighted by Gasteiger charge is -2.11. The molecule has 0 fully saturated rings. The largest absolute Gasteiger partial charge is 0.593 e. The van der Waals surface area contributed by atoms with E-state index in [9.17, 15) is 4.55 Å². The molecule has 2 rings (SSSR count). The highest BCUT2D eigenvalue weighted by molar-refractivity contribution is 7.92. The van der Waals surface area contributed by atoms with Crippen LogP contribution in [0, 0.1) is 11.3 Å². The van der Waals surface area contributed by atoms with E-state index in [-0.39, 0.29) is 6.61 Å². The molecule has 0 aliphatic carbocycles. The highest BCUT2D eigenvalue weighted by Crippen LogP contribution is 2.26. The predicted molar refractivity (Wildman–Crippen MR) is 102 cm³/mol. The van der Waals surface area contributed by atoms with Gasteiger partial charge in [0, 0.05) is 36.9 Å². The van der Waals surface area contributed by atoms with Crippen LogP contribution in [0.4, 0.5) is 5.69 Å². The normalized spacial score (nSPS) is 12.9. The number of rotatable bonds is 8. The van der Waals surface area contributed by atoms with Crippen LogP contribution in [0.15, 0.2) is 30.0 Å². The van der Waals surface area contributed by atoms with Gasteiger partial charge in [0.25, 0.3) is 0 Å². The van der Waals surface area contributed by atoms with E-state index in [1.165, 1.54) is 0 Å². The first kappa shape index (κ1) is 19.2. The van der Waals surface area contributed by atoms with Crippen molar-refractivity contribution in [3.63, 3.8) is 0 Å². The zero-order valence-corrected chi connectivity index (χ0v) is 15.9. The molecule has 2 N–H and O–H groups in total. The van der Waals surface area contributed by atoms with Crippen molar-refractivity contribution in [3.8, 4) is 6.07 Å². The van der Waals surface area contributed by atoms with Crippen molar-refractivity contribution in [3.05, 3.63) is 41.2 Å². The van der Waals surface area contributed by atoms with Crippen LogP contribution in [0.25, 0.3) is 10.9 Å². The molecule has 0 bridgehead atoms. The maximum atomic E-state index is 11.5. The van der Waals surface area contributed by atoms with Gasteiger partial charge in [-0.25, -0.2) is 4.72 Å². The van der Waals surface area contributed by atoms with Gasteiger partial charge in [0.2, 0.25) is 0 Å². The number of aryl methyl sites for hydroxylation is 1. The number of anilines is 1. The summed E-state index contributed by atoms with van der Waals surface area (Å²) in [6, 6.07) is 8.25. The number of fused-ring (bicyclic) bond motifs is 1. The number of ether oxygens (including phenoxy) is 1. The number of aromatic amines is 1. The highest BCUT2D eigenvalue weighted by atomic mass is 32.2. The smallest absolute Gasteiger partial charge is 0.121 e. The summed E-state index contributed by atoms with van der Waals surface area (Å²) in [7, 11) is 3.74. The molecule has 134 valence electrons. The van der Waals surface area contributed by atoms with Gasteiger partial charge in [0.05, 0.1) is 41.9 Å². The second-order valence-electron chi connectivity index (χ2n) is 6.02. The van der Waals surface area contributed by atoms with E-state index in [1.54, 1.807) is 12.5 Å². The molecule has 1 aromatic heterocycles. The second-order valence-corrected chi connectivity index (χ2v) is 7.14. The molecule has 1 heterocycles. The van der Waals surface area contributed by atoms with Crippen molar-refractivity contribution >= 4 is 28.0 Å². The number of nitriles is 1. The van der Waals surface area contributed by atoms with Crippen molar-refractivity contribution in [1.82, 2.24) is 9.88 Å². The summed E-state index contributed by atoms with van der Waals surface area (Å²) in [6.07, 6.45) is 4.22. The molecule has 0 amide bonds. The van der Waals surface area contributed by atoms with Crippen molar-refractivity contribution < 1.29 is 9.29 Å². The molecule has 0 spiro atoms. The van der Waals surface area contributed by atoms with Gasteiger partial charge in [-0.1, -0.05) is 6.92 Å². The van der Waals surface area contributed by atoms with Crippen molar-refractivity contribution in [2.24, 2.45) is 0 Å². The SMILES string of the molecule is CCc1cc2cc(COC/C(C#N)=C/N(C)C)[nH]c2cc1N[S+](C)[O-]. The average Bonchev–Trinajstić information content (AvgIpc) is 2.93. The molecular formula is C18H24N4O2S. The number of nitrogens with one attached hydrogen (secondary N) is 2. The number of nitrogens with zero attached hydrogens (tertiary/aromatic N) is 2. The molecule has 25 heavy (non-hydrogen) atoms. The Kier molecular flexibility index (Phi) is 6.76. The summed E-state index contributed by atoms with van der Waals surface area (Å²) in [5.41, 5.74) is 4.48. The standard InChI is InChI=1S/C18H24N4O2S/c1-5-14-6-15-7-16(12-24-11-13(9-19)10-22(2)3)20-17(15)8-18(14)21-25(4)23/h6-8,10,20-21H,5,11-12H2,1-4H3/b13-10+. The molecule has 0 radical (unpaired) electrons. The van der Waals surface area contributed by atoms with Crippen LogP contribution < -0.4 is 4.72 Å². The summed E-state index contributed by atoms with van der Waals surface area (Å²) in [5, 5.41) is 10.2. The molecule has 2 aromatic rings. The van der Waals surface area contributed by atoms with Gasteiger partial charge >= 0.3 is 0 Å². The Morgan fingerprint density at radius 2 is 2.20 bits per heavy atom. The molecule has 0 saturated carbocycles. The van der Waals surface area contributed by atoms with E-state index in [4.69, 9.17) is 10.00 Å². The van der Waals surface area contributed by atoms with Gasteiger partial charge < -0.3 is 19.2 Å². The number of aromatic nitrogens is 1. The minimum atomic E-state index is -1.11. The maximum Gasteiger partial charge on any atom is 0.121 e. The minimum Gasteiger partial charge on any atom is -0.593 e. The monoisotopic (exact) mass is 360 g/mol. The van der Waals surface area contributed by atoms with Gasteiger partial charge in [-0.3, -0.25) is 0 Å². The van der Waals surface area contributed by atoms with Crippen LogP contribution in [0.2, 0.25) is 0 Å². The maximum absolute atomic E-state index is 11.5. The molecule has 1 unspecified atom stereocenters. The number of benzene rings is 1. The summed E-state index contributed by atoms with van der Waals surface area (Å²) in [4.78, 5) is 5.14. The summed E-state index contributed by atoms with van der Waals surface area (Å²) in [6.45, 7) is 2.74. The van der Waals surface area contributed by atoms with Crippen molar-refractivity contribution in [2.75, 3.05) is 31.7 Å². The van der Waals surface area contributed by atoms with Crippen LogP contribution in [0.1, 0.15) is 18.2 Å². The van der Waals surface area contributed by atoms with Gasteiger partial charge in [0.15, 0.2) is 0 Å². The molecular weight excluding hydrogens is 336 g/mol. The topological polar surface area (TPSA) is 87.1 Å². The second kappa shape index (κ2) is 8.81. The molecule has 1 aromatic carbocycles. The van der Waals surface area contributed by atoms with Gasteiger partial charge in [-0.2, -0.15) is 5.26 Å². The molecule has 0 aliphatic heterocycles. The third-order valence-electron chi connectivity index (χ3n) is 3.61. The fourth-order valence-electron chi connectivity index (χ4n) is 2.59. The average molecular weight is 360 g/mol. The lowest BCUT2D eigenvalue weighted by molar-refractivity contribution is 0.141. The molecule has 0 saturated heterocycles. The molecule has 6 nitrogen and oxygen atoms in total. The van der Waals surface area contributed by atoms with Crippen molar-refractivity contribution in [2.45, 2.75) is 20.0 Å². The van der Waals surface area contributed by atoms with Crippen LogP contribution in [-0.4, -0.2) is 41.4 Å². The van der Waals surface area contributed by atoms with Gasteiger partial charge in [-0.05, 0) is 30.2 Å². The predicted octanol–water partition coefficient (Wildman–Crippen LogP) is 2.92. The summed E-state index contributed by atoms with van der Waals surface area (Å²) in [5.74, 6) is 0. The third kappa shape index (κ3) is 5.43. The third-order valence-corrected chi connectivity index (χ3v) is 4.12. The number of hydrogen-bond donors (Lipinski definition) is 2. The Bertz CT molecular complexity index is 790. The fraction of sp³-hybridized carbons (Fsp3) is 0.389. The Morgan fingerprint density at radius 3 is 2.80 bits per heavy atom. The lowest BCUT2D eigenvalue weighted by atomic mass is 10.1. The Morgan fingerprint density at radius 1 is 1.44 bits per heavy atom. The Balaban J connectivity index is 2.11. The Labute approximate surface area is 151 Å². The van der Waals surface area contributed by atoms with Gasteiger partial charge in [-0.15, -0.1) is 0 Å². The van der Waals surface area contributed by atoms with Crippen LogP contribution >= 0.6 is 0 Å². The van der Waals surface area contributed by atoms with Gasteiger partial charge in [0.1, 0.15) is 6.26 Å². The molecule has 1 atom stereocenters. The van der Waals surface area contributed by atoms with Crippen LogP contribution in [0.3, 0.4) is 0 Å². The van der Waals surface area contributed by atoms with E-state index in [2.05, 4.69) is 28.8 Å². The molecule has 7 heteroatoms. The summed E-state index contributed by atoms with van der Waals surface area (Å²) < 4.78 is 20.1. The Hall–Kier alpha value is -2.14. The van der Waals surface area contributed by atoms with E-state index >= 15 is 0 Å². The number of H-pyrrole nitrogens is 1. The van der Waals surface area contributed by atoms with E-state index in [0.717, 1.165) is 34.3 Å². The van der Waals surface area contributed by atoms with Crippen molar-refractivity contribution in [1.29, 1.82) is 5.26 Å². The first-order chi connectivity index (χ1) is 11.9. The minimum absolute atomic E-state index is 0.270. The lowest BCUT2D eigenvalue weighted by Crippen LogP contribution is -2.11. The first-order valence-corrected chi connectivity index (χ1v) is 9.58. The quantitative estimate of drug-likeness (QED) is 0.558. The number of hydrogen-bond acceptors (Lipinski definition) is 5. The molecule has 0 aliphatic rings. The highest BCUT2D eigenvalue weighted by Gasteiger charge is 2.10. The fourth-order valence-corrected chi connectivity index (χ4v) is 3.09. The van der Waals surface area contributed by atoms with E-state index < -0.39 is 11.4 Å². The zero-order valence-electron chi connectivity index (χ0n) is 15.0. The van der Waals surface area contributed by atoms with Crippen LogP contribution in [-0.2, 0) is 29.1 Å². The first-order valence-electron chi connectivity index (χ1n) is 8.02. The summed E-state index contributed by atoms with van der Waals surface area (Å²) >= 11 is -1.11. The van der Waals surface area contributed by atoms with Crippen LogP contribution in [0.5, 0.6) is 0 Å². The van der Waals surface area contributed by atoms with E-state index in [1.807, 2.05) is 31.1 Å².